The van der Waals surface area contributed by atoms with Crippen LogP contribution in [0.25, 0.3) is 0 Å². The molecule has 1 aliphatic heterocycles. The summed E-state index contributed by atoms with van der Waals surface area (Å²) in [5.41, 5.74) is 0. The van der Waals surface area contributed by atoms with Crippen molar-refractivity contribution in [3.63, 3.8) is 0 Å². The van der Waals surface area contributed by atoms with Crippen LogP contribution >= 0.6 is 0 Å². The first-order valence-electron chi connectivity index (χ1n) is 5.10. The predicted molar refractivity (Wildman–Crippen MR) is 48.9 cm³/mol. The Morgan fingerprint density at radius 1 is 1.33 bits per heavy atom. The SMILES string of the molecule is CN1CC(C(CCO)C2CC2)C1. The van der Waals surface area contributed by atoms with Gasteiger partial charge in [0.1, 0.15) is 0 Å². The predicted octanol–water partition coefficient (Wildman–Crippen LogP) is 0.957. The molecule has 2 heteroatoms. The van der Waals surface area contributed by atoms with Crippen molar-refractivity contribution < 1.29 is 5.11 Å². The van der Waals surface area contributed by atoms with Gasteiger partial charge in [-0.25, -0.2) is 0 Å². The average Bonchev–Trinajstić information content (AvgIpc) is 2.77. The van der Waals surface area contributed by atoms with Crippen LogP contribution in [0.1, 0.15) is 19.3 Å². The zero-order valence-corrected chi connectivity index (χ0v) is 7.87. The maximum absolute atomic E-state index is 8.93. The maximum atomic E-state index is 8.93. The molecular formula is C10H19NO. The van der Waals surface area contributed by atoms with Crippen molar-refractivity contribution in [3.05, 3.63) is 0 Å². The minimum absolute atomic E-state index is 0.390. The third-order valence-corrected chi connectivity index (χ3v) is 3.39. The highest BCUT2D eigenvalue weighted by atomic mass is 16.3. The van der Waals surface area contributed by atoms with E-state index in [9.17, 15) is 0 Å². The second kappa shape index (κ2) is 3.35. The van der Waals surface area contributed by atoms with Crippen LogP contribution in [0.5, 0.6) is 0 Å². The van der Waals surface area contributed by atoms with E-state index in [2.05, 4.69) is 11.9 Å². The Labute approximate surface area is 74.6 Å². The molecule has 2 rings (SSSR count). The average molecular weight is 169 g/mol. The van der Waals surface area contributed by atoms with Gasteiger partial charge in [-0.1, -0.05) is 0 Å². The zero-order valence-electron chi connectivity index (χ0n) is 7.87. The van der Waals surface area contributed by atoms with Crippen LogP contribution in [-0.4, -0.2) is 36.8 Å². The largest absolute Gasteiger partial charge is 0.396 e. The topological polar surface area (TPSA) is 23.5 Å². The number of hydrogen-bond acceptors (Lipinski definition) is 2. The Morgan fingerprint density at radius 2 is 2.00 bits per heavy atom. The molecule has 0 amide bonds. The van der Waals surface area contributed by atoms with E-state index in [4.69, 9.17) is 5.11 Å². The Hall–Kier alpha value is -0.0800. The molecule has 0 bridgehead atoms. The Morgan fingerprint density at radius 3 is 2.42 bits per heavy atom. The van der Waals surface area contributed by atoms with Crippen molar-refractivity contribution in [3.8, 4) is 0 Å². The number of hydrogen-bond donors (Lipinski definition) is 1. The van der Waals surface area contributed by atoms with Gasteiger partial charge in [-0.2, -0.15) is 0 Å². The van der Waals surface area contributed by atoms with Crippen LogP contribution < -0.4 is 0 Å². The van der Waals surface area contributed by atoms with Crippen LogP contribution in [0.15, 0.2) is 0 Å². The first kappa shape index (κ1) is 8.52. The van der Waals surface area contributed by atoms with E-state index in [0.29, 0.717) is 6.61 Å². The highest BCUT2D eigenvalue weighted by molar-refractivity contribution is 4.91. The summed E-state index contributed by atoms with van der Waals surface area (Å²) in [6, 6.07) is 0. The van der Waals surface area contributed by atoms with Gasteiger partial charge in [0, 0.05) is 19.7 Å². The number of likely N-dealkylation sites (tertiary alicyclic amines) is 1. The van der Waals surface area contributed by atoms with Crippen LogP contribution in [0.3, 0.4) is 0 Å². The monoisotopic (exact) mass is 169 g/mol. The summed E-state index contributed by atoms with van der Waals surface area (Å²) in [6.07, 6.45) is 3.89. The molecule has 2 aliphatic rings. The van der Waals surface area contributed by atoms with Crippen molar-refractivity contribution >= 4 is 0 Å². The number of aliphatic hydroxyl groups is 1. The first-order chi connectivity index (χ1) is 5.81. The van der Waals surface area contributed by atoms with Crippen molar-refractivity contribution in [1.29, 1.82) is 0 Å². The Kier molecular flexibility index (Phi) is 2.37. The molecule has 1 N–H and O–H groups in total. The van der Waals surface area contributed by atoms with Gasteiger partial charge in [0.2, 0.25) is 0 Å². The molecule has 12 heavy (non-hydrogen) atoms. The molecule has 0 radical (unpaired) electrons. The minimum Gasteiger partial charge on any atom is -0.396 e. The van der Waals surface area contributed by atoms with E-state index >= 15 is 0 Å². The van der Waals surface area contributed by atoms with E-state index in [-0.39, 0.29) is 0 Å². The van der Waals surface area contributed by atoms with Crippen LogP contribution in [0.4, 0.5) is 0 Å². The standard InChI is InChI=1S/C10H19NO/c1-11-6-9(7-11)10(4-5-12)8-2-3-8/h8-10,12H,2-7H2,1H3. The van der Waals surface area contributed by atoms with Crippen LogP contribution in [0, 0.1) is 17.8 Å². The summed E-state index contributed by atoms with van der Waals surface area (Å²) < 4.78 is 0. The number of nitrogens with zero attached hydrogens (tertiary/aromatic N) is 1. The molecule has 1 unspecified atom stereocenters. The fourth-order valence-corrected chi connectivity index (χ4v) is 2.55. The molecule has 1 heterocycles. The van der Waals surface area contributed by atoms with Gasteiger partial charge in [0.15, 0.2) is 0 Å². The van der Waals surface area contributed by atoms with Crippen molar-refractivity contribution in [2.75, 3.05) is 26.7 Å². The second-order valence-electron chi connectivity index (χ2n) is 4.49. The van der Waals surface area contributed by atoms with E-state index < -0.39 is 0 Å². The smallest absolute Gasteiger partial charge is 0.0433 e. The molecule has 0 aromatic heterocycles. The number of aliphatic hydroxyl groups excluding tert-OH is 1. The van der Waals surface area contributed by atoms with E-state index in [1.54, 1.807) is 0 Å². The molecule has 2 nitrogen and oxygen atoms in total. The normalized spacial score (nSPS) is 28.5. The Balaban J connectivity index is 1.80. The quantitative estimate of drug-likeness (QED) is 0.677. The fourth-order valence-electron chi connectivity index (χ4n) is 2.55. The third-order valence-electron chi connectivity index (χ3n) is 3.39. The van der Waals surface area contributed by atoms with Crippen molar-refractivity contribution in [1.82, 2.24) is 4.90 Å². The highest BCUT2D eigenvalue weighted by Crippen LogP contribution is 2.44. The van der Waals surface area contributed by atoms with Gasteiger partial charge in [-0.3, -0.25) is 0 Å². The molecule has 2 fully saturated rings. The molecule has 1 saturated carbocycles. The summed E-state index contributed by atoms with van der Waals surface area (Å²) in [4.78, 5) is 2.37. The van der Waals surface area contributed by atoms with Gasteiger partial charge in [-0.05, 0) is 44.1 Å². The lowest BCUT2D eigenvalue weighted by Crippen LogP contribution is -2.48. The Bertz CT molecular complexity index is 150. The molecule has 1 aliphatic carbocycles. The highest BCUT2D eigenvalue weighted by Gasteiger charge is 2.39. The summed E-state index contributed by atoms with van der Waals surface area (Å²) in [7, 11) is 2.18. The minimum atomic E-state index is 0.390. The molecular weight excluding hydrogens is 150 g/mol. The van der Waals surface area contributed by atoms with Gasteiger partial charge in [0.05, 0.1) is 0 Å². The second-order valence-corrected chi connectivity index (χ2v) is 4.49. The van der Waals surface area contributed by atoms with Crippen LogP contribution in [-0.2, 0) is 0 Å². The molecule has 0 aromatic rings. The lowest BCUT2D eigenvalue weighted by molar-refractivity contribution is 0.0594. The van der Waals surface area contributed by atoms with E-state index in [1.807, 2.05) is 0 Å². The summed E-state index contributed by atoms with van der Waals surface area (Å²) in [5, 5.41) is 8.93. The van der Waals surface area contributed by atoms with Gasteiger partial charge in [-0.15, -0.1) is 0 Å². The summed E-state index contributed by atoms with van der Waals surface area (Å²) in [6.45, 7) is 2.92. The number of rotatable bonds is 4. The van der Waals surface area contributed by atoms with E-state index in [0.717, 1.165) is 24.2 Å². The van der Waals surface area contributed by atoms with Crippen molar-refractivity contribution in [2.45, 2.75) is 19.3 Å². The van der Waals surface area contributed by atoms with E-state index in [1.165, 1.54) is 25.9 Å². The molecule has 0 spiro atoms. The zero-order chi connectivity index (χ0) is 8.55. The molecule has 0 aromatic carbocycles. The summed E-state index contributed by atoms with van der Waals surface area (Å²) >= 11 is 0. The van der Waals surface area contributed by atoms with Gasteiger partial charge >= 0.3 is 0 Å². The molecule has 1 atom stereocenters. The molecule has 70 valence electrons. The van der Waals surface area contributed by atoms with Gasteiger partial charge < -0.3 is 10.0 Å². The van der Waals surface area contributed by atoms with Crippen molar-refractivity contribution in [2.24, 2.45) is 17.8 Å². The molecule has 1 saturated heterocycles. The lowest BCUT2D eigenvalue weighted by atomic mass is 9.81. The fraction of sp³-hybridized carbons (Fsp3) is 1.00. The maximum Gasteiger partial charge on any atom is 0.0433 e. The van der Waals surface area contributed by atoms with Crippen LogP contribution in [0.2, 0.25) is 0 Å². The summed E-state index contributed by atoms with van der Waals surface area (Å²) in [5.74, 6) is 2.71. The van der Waals surface area contributed by atoms with Gasteiger partial charge in [0.25, 0.3) is 0 Å². The first-order valence-corrected chi connectivity index (χ1v) is 5.10. The third kappa shape index (κ3) is 1.64. The lowest BCUT2D eigenvalue weighted by Gasteiger charge is -2.41.